The molecule has 0 spiro atoms. The number of benzene rings is 1. The van der Waals surface area contributed by atoms with Gasteiger partial charge < -0.3 is 0 Å². The molecule has 0 atom stereocenters. The molecular weight excluding hydrogens is 271 g/mol. The number of thiazole rings is 1. The number of alkyl halides is 3. The van der Waals surface area contributed by atoms with Crippen LogP contribution < -0.4 is 0 Å². The topological polar surface area (TPSA) is 12.9 Å². The Morgan fingerprint density at radius 3 is 2.58 bits per heavy atom. The molecule has 0 bridgehead atoms. The molecule has 0 unspecified atom stereocenters. The molecule has 2 rings (SSSR count). The van der Waals surface area contributed by atoms with Crippen molar-refractivity contribution in [2.45, 2.75) is 32.4 Å². The molecule has 0 aliphatic heterocycles. The molecule has 102 valence electrons. The van der Waals surface area contributed by atoms with Gasteiger partial charge in [-0.25, -0.2) is 4.98 Å². The summed E-state index contributed by atoms with van der Waals surface area (Å²) in [5.74, 6) is 0.347. The molecule has 0 amide bonds. The highest BCUT2D eigenvalue weighted by Gasteiger charge is 2.30. The van der Waals surface area contributed by atoms with Gasteiger partial charge in [-0.1, -0.05) is 32.0 Å². The van der Waals surface area contributed by atoms with Crippen LogP contribution in [0.4, 0.5) is 13.2 Å². The largest absolute Gasteiger partial charge is 0.416 e. The van der Waals surface area contributed by atoms with Crippen LogP contribution in [0.3, 0.4) is 0 Å². The van der Waals surface area contributed by atoms with Crippen molar-refractivity contribution in [2.75, 3.05) is 0 Å². The third-order valence-electron chi connectivity index (χ3n) is 2.70. The predicted molar refractivity (Wildman–Crippen MR) is 70.5 cm³/mol. The van der Waals surface area contributed by atoms with Crippen LogP contribution >= 0.6 is 11.3 Å². The molecule has 0 saturated carbocycles. The SMILES string of the molecule is CC(C)c1ncc(Cc2cccc(C(F)(F)F)c2)s1. The highest BCUT2D eigenvalue weighted by atomic mass is 32.1. The molecule has 0 saturated heterocycles. The van der Waals surface area contributed by atoms with Crippen LogP contribution in [-0.4, -0.2) is 4.98 Å². The van der Waals surface area contributed by atoms with Crippen molar-refractivity contribution in [3.05, 3.63) is 51.5 Å². The molecule has 0 fully saturated rings. The standard InChI is InChI=1S/C14H14F3NS/c1-9(2)13-18-8-12(19-13)7-10-4-3-5-11(6-10)14(15,16)17/h3-6,8-9H,7H2,1-2H3. The Balaban J connectivity index is 2.19. The molecule has 0 N–H and O–H groups in total. The second-order valence-electron chi connectivity index (χ2n) is 4.69. The maximum Gasteiger partial charge on any atom is 0.416 e. The fraction of sp³-hybridized carbons (Fsp3) is 0.357. The van der Waals surface area contributed by atoms with Gasteiger partial charge >= 0.3 is 6.18 Å². The summed E-state index contributed by atoms with van der Waals surface area (Å²) < 4.78 is 37.8. The normalized spacial score (nSPS) is 12.1. The summed E-state index contributed by atoms with van der Waals surface area (Å²) in [5.41, 5.74) is 0.0624. The second-order valence-corrected chi connectivity index (χ2v) is 5.84. The van der Waals surface area contributed by atoms with E-state index in [4.69, 9.17) is 0 Å². The molecule has 0 aliphatic rings. The average molecular weight is 285 g/mol. The van der Waals surface area contributed by atoms with Gasteiger partial charge in [0, 0.05) is 23.4 Å². The number of halogens is 3. The van der Waals surface area contributed by atoms with Crippen LogP contribution in [0.25, 0.3) is 0 Å². The Kier molecular flexibility index (Phi) is 3.94. The van der Waals surface area contributed by atoms with Crippen molar-refractivity contribution in [1.29, 1.82) is 0 Å². The van der Waals surface area contributed by atoms with Gasteiger partial charge in [-0.05, 0) is 11.6 Å². The summed E-state index contributed by atoms with van der Waals surface area (Å²) >= 11 is 1.56. The first-order valence-corrected chi connectivity index (χ1v) is 6.78. The van der Waals surface area contributed by atoms with E-state index in [0.29, 0.717) is 17.9 Å². The molecule has 5 heteroatoms. The van der Waals surface area contributed by atoms with Crippen molar-refractivity contribution in [1.82, 2.24) is 4.98 Å². The summed E-state index contributed by atoms with van der Waals surface area (Å²) in [6.45, 7) is 4.10. The number of aromatic nitrogens is 1. The van der Waals surface area contributed by atoms with Gasteiger partial charge in [0.2, 0.25) is 0 Å². The lowest BCUT2D eigenvalue weighted by Crippen LogP contribution is -2.05. The van der Waals surface area contributed by atoms with Gasteiger partial charge in [-0.15, -0.1) is 11.3 Å². The molecule has 0 aliphatic carbocycles. The number of rotatable bonds is 3. The van der Waals surface area contributed by atoms with E-state index in [1.165, 1.54) is 12.1 Å². The molecule has 1 heterocycles. The maximum atomic E-state index is 12.6. The lowest BCUT2D eigenvalue weighted by atomic mass is 10.1. The van der Waals surface area contributed by atoms with Gasteiger partial charge in [-0.3, -0.25) is 0 Å². The van der Waals surface area contributed by atoms with Crippen LogP contribution in [0.15, 0.2) is 30.5 Å². The minimum atomic E-state index is -4.28. The Hall–Kier alpha value is -1.36. The monoisotopic (exact) mass is 285 g/mol. The molecule has 2 aromatic rings. The average Bonchev–Trinajstić information content (AvgIpc) is 2.77. The van der Waals surface area contributed by atoms with E-state index in [2.05, 4.69) is 4.98 Å². The first-order valence-electron chi connectivity index (χ1n) is 5.97. The summed E-state index contributed by atoms with van der Waals surface area (Å²) in [4.78, 5) is 5.27. The zero-order valence-electron chi connectivity index (χ0n) is 10.7. The molecular formula is C14H14F3NS. The minimum Gasteiger partial charge on any atom is -0.249 e. The van der Waals surface area contributed by atoms with Crippen molar-refractivity contribution < 1.29 is 13.2 Å². The lowest BCUT2D eigenvalue weighted by molar-refractivity contribution is -0.137. The van der Waals surface area contributed by atoms with E-state index in [-0.39, 0.29) is 0 Å². The fourth-order valence-corrected chi connectivity index (χ4v) is 2.68. The van der Waals surface area contributed by atoms with E-state index < -0.39 is 11.7 Å². The molecule has 1 nitrogen and oxygen atoms in total. The van der Waals surface area contributed by atoms with E-state index in [9.17, 15) is 13.2 Å². The zero-order valence-corrected chi connectivity index (χ0v) is 11.5. The van der Waals surface area contributed by atoms with Crippen LogP contribution in [-0.2, 0) is 12.6 Å². The summed E-state index contributed by atoms with van der Waals surface area (Å²) in [5, 5.41) is 1.02. The van der Waals surface area contributed by atoms with Gasteiger partial charge in [-0.2, -0.15) is 13.2 Å². The maximum absolute atomic E-state index is 12.6. The molecule has 1 aromatic carbocycles. The first kappa shape index (κ1) is 14.1. The molecule has 19 heavy (non-hydrogen) atoms. The van der Waals surface area contributed by atoms with E-state index in [0.717, 1.165) is 16.0 Å². The Labute approximate surface area is 114 Å². The highest BCUT2D eigenvalue weighted by Crippen LogP contribution is 2.30. The number of hydrogen-bond donors (Lipinski definition) is 0. The highest BCUT2D eigenvalue weighted by molar-refractivity contribution is 7.11. The van der Waals surface area contributed by atoms with E-state index in [1.54, 1.807) is 23.6 Å². The van der Waals surface area contributed by atoms with Crippen molar-refractivity contribution in [3.8, 4) is 0 Å². The first-order chi connectivity index (χ1) is 8.86. The lowest BCUT2D eigenvalue weighted by Gasteiger charge is -2.07. The van der Waals surface area contributed by atoms with Crippen LogP contribution in [0, 0.1) is 0 Å². The minimum absolute atomic E-state index is 0.347. The third kappa shape index (κ3) is 3.56. The quantitative estimate of drug-likeness (QED) is 0.783. The van der Waals surface area contributed by atoms with Crippen molar-refractivity contribution in [2.24, 2.45) is 0 Å². The smallest absolute Gasteiger partial charge is 0.249 e. The second kappa shape index (κ2) is 5.33. The van der Waals surface area contributed by atoms with Gasteiger partial charge in [0.25, 0.3) is 0 Å². The van der Waals surface area contributed by atoms with Crippen LogP contribution in [0.5, 0.6) is 0 Å². The van der Waals surface area contributed by atoms with Crippen molar-refractivity contribution in [3.63, 3.8) is 0 Å². The Morgan fingerprint density at radius 2 is 2.00 bits per heavy atom. The van der Waals surface area contributed by atoms with Crippen LogP contribution in [0.2, 0.25) is 0 Å². The van der Waals surface area contributed by atoms with Gasteiger partial charge in [0.05, 0.1) is 10.6 Å². The summed E-state index contributed by atoms with van der Waals surface area (Å²) in [6, 6.07) is 5.46. The number of hydrogen-bond acceptors (Lipinski definition) is 2. The summed E-state index contributed by atoms with van der Waals surface area (Å²) in [7, 11) is 0. The fourth-order valence-electron chi connectivity index (χ4n) is 1.73. The van der Waals surface area contributed by atoms with E-state index in [1.807, 2.05) is 13.8 Å². The third-order valence-corrected chi connectivity index (χ3v) is 4.00. The van der Waals surface area contributed by atoms with Crippen molar-refractivity contribution >= 4 is 11.3 Å². The van der Waals surface area contributed by atoms with Gasteiger partial charge in [0.15, 0.2) is 0 Å². The Morgan fingerprint density at radius 1 is 1.26 bits per heavy atom. The molecule has 0 radical (unpaired) electrons. The predicted octanol–water partition coefficient (Wildman–Crippen LogP) is 4.88. The zero-order chi connectivity index (χ0) is 14.0. The Bertz CT molecular complexity index is 558. The van der Waals surface area contributed by atoms with Crippen LogP contribution in [0.1, 0.15) is 40.8 Å². The van der Waals surface area contributed by atoms with Gasteiger partial charge in [0.1, 0.15) is 0 Å². The summed E-state index contributed by atoms with van der Waals surface area (Å²) in [6.07, 6.45) is -2.04. The van der Waals surface area contributed by atoms with E-state index >= 15 is 0 Å². The molecule has 1 aromatic heterocycles. The number of nitrogens with zero attached hydrogens (tertiary/aromatic N) is 1.